The van der Waals surface area contributed by atoms with Crippen molar-refractivity contribution < 1.29 is 4.74 Å². The van der Waals surface area contributed by atoms with E-state index in [9.17, 15) is 0 Å². The van der Waals surface area contributed by atoms with E-state index in [4.69, 9.17) is 4.74 Å². The monoisotopic (exact) mass is 208 g/mol. The van der Waals surface area contributed by atoms with Gasteiger partial charge in [0.2, 0.25) is 0 Å². The zero-order valence-electron chi connectivity index (χ0n) is 10.1. The molecule has 0 aliphatic heterocycles. The van der Waals surface area contributed by atoms with Crippen LogP contribution in [0.2, 0.25) is 0 Å². The van der Waals surface area contributed by atoms with Gasteiger partial charge in [0.05, 0.1) is 12.2 Å². The van der Waals surface area contributed by atoms with Crippen LogP contribution in [0.15, 0.2) is 0 Å². The molecule has 4 fully saturated rings. The van der Waals surface area contributed by atoms with Gasteiger partial charge in [0.25, 0.3) is 0 Å². The van der Waals surface area contributed by atoms with Crippen molar-refractivity contribution in [1.82, 2.24) is 0 Å². The highest BCUT2D eigenvalue weighted by Crippen LogP contribution is 2.54. The van der Waals surface area contributed by atoms with Crippen molar-refractivity contribution in [1.29, 1.82) is 0 Å². The Morgan fingerprint density at radius 3 is 2.00 bits per heavy atom. The van der Waals surface area contributed by atoms with E-state index in [1.54, 1.807) is 6.42 Å². The molecular formula is C14H24O. The molecule has 4 aliphatic carbocycles. The second-order valence-electron chi connectivity index (χ2n) is 6.25. The summed E-state index contributed by atoms with van der Waals surface area (Å²) in [4.78, 5) is 0. The molecule has 0 aromatic rings. The number of hydrogen-bond acceptors (Lipinski definition) is 1. The van der Waals surface area contributed by atoms with E-state index in [0.29, 0.717) is 12.2 Å². The summed E-state index contributed by atoms with van der Waals surface area (Å²) in [6, 6.07) is 0. The van der Waals surface area contributed by atoms with Crippen LogP contribution in [0.1, 0.15) is 52.4 Å². The van der Waals surface area contributed by atoms with Crippen molar-refractivity contribution >= 4 is 0 Å². The normalized spacial score (nSPS) is 49.6. The van der Waals surface area contributed by atoms with Gasteiger partial charge in [0.1, 0.15) is 0 Å². The molecule has 0 radical (unpaired) electrons. The van der Waals surface area contributed by atoms with Crippen LogP contribution in [-0.2, 0) is 4.74 Å². The van der Waals surface area contributed by atoms with Crippen LogP contribution in [0.25, 0.3) is 0 Å². The standard InChI is InChI=1S/C14H24O/c1-3-9(2)15-14-12-5-10-4-11(7-12)8-13(14)6-10/h9-14H,3-8H2,1-2H3. The molecule has 1 nitrogen and oxygen atoms in total. The smallest absolute Gasteiger partial charge is 0.0635 e. The molecule has 0 saturated heterocycles. The van der Waals surface area contributed by atoms with Crippen LogP contribution in [0, 0.1) is 23.7 Å². The maximum absolute atomic E-state index is 6.28. The molecule has 4 rings (SSSR count). The molecule has 15 heavy (non-hydrogen) atoms. The first-order valence-corrected chi connectivity index (χ1v) is 6.91. The summed E-state index contributed by atoms with van der Waals surface area (Å²) in [5, 5.41) is 0. The van der Waals surface area contributed by atoms with E-state index >= 15 is 0 Å². The second kappa shape index (κ2) is 3.76. The van der Waals surface area contributed by atoms with Gasteiger partial charge in [0.15, 0.2) is 0 Å². The van der Waals surface area contributed by atoms with E-state index in [-0.39, 0.29) is 0 Å². The van der Waals surface area contributed by atoms with Gasteiger partial charge < -0.3 is 4.74 Å². The molecule has 0 aromatic heterocycles. The molecule has 0 heterocycles. The summed E-state index contributed by atoms with van der Waals surface area (Å²) in [5.74, 6) is 4.00. The van der Waals surface area contributed by atoms with E-state index in [1.165, 1.54) is 32.1 Å². The zero-order chi connectivity index (χ0) is 10.4. The van der Waals surface area contributed by atoms with Crippen molar-refractivity contribution in [3.8, 4) is 0 Å². The van der Waals surface area contributed by atoms with Crippen LogP contribution in [0.5, 0.6) is 0 Å². The zero-order valence-corrected chi connectivity index (χ0v) is 10.1. The van der Waals surface area contributed by atoms with Gasteiger partial charge in [-0.1, -0.05) is 6.92 Å². The first kappa shape index (κ1) is 10.1. The molecule has 0 N–H and O–H groups in total. The average Bonchev–Trinajstić information content (AvgIpc) is 2.22. The van der Waals surface area contributed by atoms with Crippen molar-refractivity contribution in [2.75, 3.05) is 0 Å². The van der Waals surface area contributed by atoms with Crippen molar-refractivity contribution in [3.05, 3.63) is 0 Å². The Balaban J connectivity index is 1.69. The van der Waals surface area contributed by atoms with Crippen molar-refractivity contribution in [2.24, 2.45) is 23.7 Å². The third kappa shape index (κ3) is 1.73. The molecule has 4 saturated carbocycles. The van der Waals surface area contributed by atoms with Crippen LogP contribution in [0.4, 0.5) is 0 Å². The minimum atomic E-state index is 0.479. The Bertz CT molecular complexity index is 207. The summed E-state index contributed by atoms with van der Waals surface area (Å²) in [7, 11) is 0. The average molecular weight is 208 g/mol. The SMILES string of the molecule is CCC(C)OC1C2CC3CC(C2)CC1C3. The molecule has 86 valence electrons. The summed E-state index contributed by atoms with van der Waals surface area (Å²) >= 11 is 0. The molecule has 0 amide bonds. The molecule has 1 atom stereocenters. The third-order valence-electron chi connectivity index (χ3n) is 5.10. The van der Waals surface area contributed by atoms with E-state index < -0.39 is 0 Å². The molecule has 4 bridgehead atoms. The Kier molecular flexibility index (Phi) is 2.54. The Labute approximate surface area is 93.6 Å². The fourth-order valence-corrected chi connectivity index (χ4v) is 4.46. The van der Waals surface area contributed by atoms with Crippen LogP contribution in [-0.4, -0.2) is 12.2 Å². The molecule has 4 aliphatic rings. The summed E-state index contributed by atoms with van der Waals surface area (Å²) in [6.07, 6.45) is 9.75. The predicted molar refractivity (Wildman–Crippen MR) is 61.7 cm³/mol. The molecule has 1 unspecified atom stereocenters. The minimum absolute atomic E-state index is 0.479. The predicted octanol–water partition coefficient (Wildman–Crippen LogP) is 3.63. The molecular weight excluding hydrogens is 184 g/mol. The Morgan fingerprint density at radius 2 is 1.53 bits per heavy atom. The van der Waals surface area contributed by atoms with Gasteiger partial charge in [0, 0.05) is 0 Å². The molecule has 1 heteroatoms. The van der Waals surface area contributed by atoms with Gasteiger partial charge in [-0.2, -0.15) is 0 Å². The largest absolute Gasteiger partial charge is 0.375 e. The number of rotatable bonds is 3. The lowest BCUT2D eigenvalue weighted by Crippen LogP contribution is -2.50. The van der Waals surface area contributed by atoms with Gasteiger partial charge in [-0.3, -0.25) is 0 Å². The number of ether oxygens (including phenoxy) is 1. The highest BCUT2D eigenvalue weighted by atomic mass is 16.5. The highest BCUT2D eigenvalue weighted by Gasteiger charge is 2.48. The fourth-order valence-electron chi connectivity index (χ4n) is 4.46. The second-order valence-corrected chi connectivity index (χ2v) is 6.25. The Morgan fingerprint density at radius 1 is 1.00 bits per heavy atom. The summed E-state index contributed by atoms with van der Waals surface area (Å²) in [6.45, 7) is 4.48. The maximum atomic E-state index is 6.28. The van der Waals surface area contributed by atoms with Gasteiger partial charge in [-0.15, -0.1) is 0 Å². The van der Waals surface area contributed by atoms with Crippen molar-refractivity contribution in [3.63, 3.8) is 0 Å². The van der Waals surface area contributed by atoms with E-state index in [0.717, 1.165) is 23.7 Å². The lowest BCUT2D eigenvalue weighted by atomic mass is 9.55. The topological polar surface area (TPSA) is 9.23 Å². The summed E-state index contributed by atoms with van der Waals surface area (Å²) in [5.41, 5.74) is 0. The molecule has 0 aromatic carbocycles. The van der Waals surface area contributed by atoms with Crippen LogP contribution >= 0.6 is 0 Å². The van der Waals surface area contributed by atoms with Crippen molar-refractivity contribution in [2.45, 2.75) is 64.6 Å². The first-order chi connectivity index (χ1) is 7.26. The quantitative estimate of drug-likeness (QED) is 0.688. The van der Waals surface area contributed by atoms with Gasteiger partial charge in [-0.25, -0.2) is 0 Å². The van der Waals surface area contributed by atoms with Gasteiger partial charge >= 0.3 is 0 Å². The van der Waals surface area contributed by atoms with Crippen LogP contribution < -0.4 is 0 Å². The minimum Gasteiger partial charge on any atom is -0.375 e. The number of hydrogen-bond donors (Lipinski definition) is 0. The van der Waals surface area contributed by atoms with Gasteiger partial charge in [-0.05, 0) is 69.1 Å². The summed E-state index contributed by atoms with van der Waals surface area (Å²) < 4.78 is 6.28. The maximum Gasteiger partial charge on any atom is 0.0635 e. The van der Waals surface area contributed by atoms with E-state index in [2.05, 4.69) is 13.8 Å². The van der Waals surface area contributed by atoms with E-state index in [1.807, 2.05) is 0 Å². The fraction of sp³-hybridized carbons (Fsp3) is 1.00. The lowest BCUT2D eigenvalue weighted by Gasteiger charge is -2.54. The first-order valence-electron chi connectivity index (χ1n) is 6.91. The highest BCUT2D eigenvalue weighted by molar-refractivity contribution is 4.99. The Hall–Kier alpha value is -0.0400. The lowest BCUT2D eigenvalue weighted by molar-refractivity contribution is -0.147. The third-order valence-corrected chi connectivity index (χ3v) is 5.10. The van der Waals surface area contributed by atoms with Crippen LogP contribution in [0.3, 0.4) is 0 Å². The molecule has 0 spiro atoms.